The van der Waals surface area contributed by atoms with Crippen LogP contribution in [0, 0.1) is 0 Å². The van der Waals surface area contributed by atoms with Gasteiger partial charge in [-0.2, -0.15) is 0 Å². The summed E-state index contributed by atoms with van der Waals surface area (Å²) in [6, 6.07) is 16.5. The van der Waals surface area contributed by atoms with Crippen LogP contribution in [0.2, 0.25) is 0 Å². The van der Waals surface area contributed by atoms with E-state index in [0.717, 1.165) is 37.2 Å². The van der Waals surface area contributed by atoms with Gasteiger partial charge in [-0.05, 0) is 62.1 Å². The molecule has 1 unspecified atom stereocenters. The standard InChI is InChI=1S/C22H26N2O3/c1-26-19-9-4-7-17(16-19)15-18-8-5-12-23(18)13-6-14-24-20-10-2-3-11-21(20)27-22(24)25/h2-4,7,9-11,16,18H,5-6,8,12-15H2,1H3. The van der Waals surface area contributed by atoms with Crippen molar-refractivity contribution in [3.63, 3.8) is 0 Å². The number of nitrogens with zero attached hydrogens (tertiary/aromatic N) is 2. The molecule has 0 saturated carbocycles. The molecule has 0 aliphatic carbocycles. The zero-order valence-electron chi connectivity index (χ0n) is 15.8. The summed E-state index contributed by atoms with van der Waals surface area (Å²) in [6.45, 7) is 2.83. The first-order valence-electron chi connectivity index (χ1n) is 9.70. The zero-order valence-corrected chi connectivity index (χ0v) is 15.8. The molecule has 1 aliphatic rings. The van der Waals surface area contributed by atoms with Crippen LogP contribution in [0.15, 0.2) is 57.7 Å². The Morgan fingerprint density at radius 3 is 2.93 bits per heavy atom. The SMILES string of the molecule is COc1cccc(CC2CCCN2CCCn2c(=O)oc3ccccc32)c1. The summed E-state index contributed by atoms with van der Waals surface area (Å²) in [7, 11) is 1.71. The summed E-state index contributed by atoms with van der Waals surface area (Å²) >= 11 is 0. The Morgan fingerprint density at radius 1 is 1.15 bits per heavy atom. The minimum atomic E-state index is -0.259. The summed E-state index contributed by atoms with van der Waals surface area (Å²) in [5, 5.41) is 0. The van der Waals surface area contributed by atoms with E-state index >= 15 is 0 Å². The molecule has 0 bridgehead atoms. The third-order valence-electron chi connectivity index (χ3n) is 5.51. The third kappa shape index (κ3) is 3.93. The van der Waals surface area contributed by atoms with E-state index in [4.69, 9.17) is 9.15 Å². The van der Waals surface area contributed by atoms with Crippen molar-refractivity contribution in [3.05, 3.63) is 64.6 Å². The lowest BCUT2D eigenvalue weighted by Crippen LogP contribution is -2.33. The van der Waals surface area contributed by atoms with Gasteiger partial charge < -0.3 is 9.15 Å². The van der Waals surface area contributed by atoms with E-state index in [1.807, 2.05) is 30.3 Å². The van der Waals surface area contributed by atoms with E-state index in [0.29, 0.717) is 18.2 Å². The van der Waals surface area contributed by atoms with Gasteiger partial charge in [0.05, 0.1) is 12.6 Å². The molecule has 1 fully saturated rings. The molecule has 1 aliphatic heterocycles. The highest BCUT2D eigenvalue weighted by Gasteiger charge is 2.24. The minimum absolute atomic E-state index is 0.259. The van der Waals surface area contributed by atoms with Crippen molar-refractivity contribution < 1.29 is 9.15 Å². The molecule has 142 valence electrons. The summed E-state index contributed by atoms with van der Waals surface area (Å²) in [5.74, 6) is 0.661. The van der Waals surface area contributed by atoms with Gasteiger partial charge in [-0.25, -0.2) is 4.79 Å². The number of aromatic nitrogens is 1. The Bertz CT molecular complexity index is 959. The second-order valence-corrected chi connectivity index (χ2v) is 7.23. The van der Waals surface area contributed by atoms with Gasteiger partial charge in [-0.3, -0.25) is 9.47 Å². The number of benzene rings is 2. The van der Waals surface area contributed by atoms with Crippen molar-refractivity contribution in [1.82, 2.24) is 9.47 Å². The molecule has 1 atom stereocenters. The van der Waals surface area contributed by atoms with Gasteiger partial charge in [0.1, 0.15) is 5.75 Å². The number of hydrogen-bond donors (Lipinski definition) is 0. The van der Waals surface area contributed by atoms with E-state index in [9.17, 15) is 4.79 Å². The van der Waals surface area contributed by atoms with Crippen LogP contribution in [0.5, 0.6) is 5.75 Å². The van der Waals surface area contributed by atoms with Gasteiger partial charge in [0.25, 0.3) is 0 Å². The lowest BCUT2D eigenvalue weighted by Gasteiger charge is -2.24. The molecule has 2 aromatic carbocycles. The third-order valence-corrected chi connectivity index (χ3v) is 5.51. The normalized spacial score (nSPS) is 17.6. The molecule has 0 radical (unpaired) electrons. The summed E-state index contributed by atoms with van der Waals surface area (Å²) < 4.78 is 12.4. The Labute approximate surface area is 159 Å². The van der Waals surface area contributed by atoms with Crippen molar-refractivity contribution in [2.75, 3.05) is 20.2 Å². The fraction of sp³-hybridized carbons (Fsp3) is 0.409. The number of likely N-dealkylation sites (tertiary alicyclic amines) is 1. The Hall–Kier alpha value is -2.53. The number of para-hydroxylation sites is 2. The van der Waals surface area contributed by atoms with Gasteiger partial charge in [0.15, 0.2) is 5.58 Å². The highest BCUT2D eigenvalue weighted by Crippen LogP contribution is 2.23. The van der Waals surface area contributed by atoms with E-state index < -0.39 is 0 Å². The first-order valence-corrected chi connectivity index (χ1v) is 9.70. The van der Waals surface area contributed by atoms with Crippen molar-refractivity contribution in [2.24, 2.45) is 0 Å². The van der Waals surface area contributed by atoms with E-state index in [-0.39, 0.29) is 5.76 Å². The molecule has 0 spiro atoms. The smallest absolute Gasteiger partial charge is 0.419 e. The molecule has 5 nitrogen and oxygen atoms in total. The Kier molecular flexibility index (Phi) is 5.30. The van der Waals surface area contributed by atoms with Crippen LogP contribution in [0.25, 0.3) is 11.1 Å². The first-order chi connectivity index (χ1) is 13.2. The van der Waals surface area contributed by atoms with E-state index in [1.54, 1.807) is 11.7 Å². The van der Waals surface area contributed by atoms with Crippen molar-refractivity contribution in [2.45, 2.75) is 38.3 Å². The molecule has 2 heterocycles. The van der Waals surface area contributed by atoms with Gasteiger partial charge in [-0.1, -0.05) is 24.3 Å². The molecule has 1 aromatic heterocycles. The van der Waals surface area contributed by atoms with E-state index in [2.05, 4.69) is 23.1 Å². The number of methoxy groups -OCH3 is 1. The van der Waals surface area contributed by atoms with Crippen LogP contribution >= 0.6 is 0 Å². The molecular formula is C22H26N2O3. The molecule has 5 heteroatoms. The molecule has 1 saturated heterocycles. The van der Waals surface area contributed by atoms with Gasteiger partial charge in [-0.15, -0.1) is 0 Å². The van der Waals surface area contributed by atoms with Crippen LogP contribution in [-0.2, 0) is 13.0 Å². The van der Waals surface area contributed by atoms with Crippen LogP contribution < -0.4 is 10.5 Å². The zero-order chi connectivity index (χ0) is 18.6. The van der Waals surface area contributed by atoms with E-state index in [1.165, 1.54) is 18.4 Å². The monoisotopic (exact) mass is 366 g/mol. The number of oxazole rings is 1. The van der Waals surface area contributed by atoms with Gasteiger partial charge in [0.2, 0.25) is 0 Å². The number of rotatable bonds is 7. The Balaban J connectivity index is 1.37. The number of ether oxygens (including phenoxy) is 1. The van der Waals surface area contributed by atoms with Crippen molar-refractivity contribution in [3.8, 4) is 5.75 Å². The minimum Gasteiger partial charge on any atom is -0.497 e. The number of aryl methyl sites for hydroxylation is 1. The molecule has 4 rings (SSSR count). The molecular weight excluding hydrogens is 340 g/mol. The Morgan fingerprint density at radius 2 is 2.04 bits per heavy atom. The van der Waals surface area contributed by atoms with Crippen molar-refractivity contribution in [1.29, 1.82) is 0 Å². The van der Waals surface area contributed by atoms with Crippen LogP contribution in [0.1, 0.15) is 24.8 Å². The van der Waals surface area contributed by atoms with Crippen LogP contribution in [-0.4, -0.2) is 35.7 Å². The average Bonchev–Trinajstić information content (AvgIpc) is 3.26. The van der Waals surface area contributed by atoms with Crippen LogP contribution in [0.3, 0.4) is 0 Å². The second kappa shape index (κ2) is 8.01. The average molecular weight is 366 g/mol. The fourth-order valence-corrected chi connectivity index (χ4v) is 4.15. The maximum Gasteiger partial charge on any atom is 0.419 e. The first kappa shape index (κ1) is 17.9. The lowest BCUT2D eigenvalue weighted by atomic mass is 10.0. The fourth-order valence-electron chi connectivity index (χ4n) is 4.15. The predicted molar refractivity (Wildman–Crippen MR) is 106 cm³/mol. The van der Waals surface area contributed by atoms with Crippen LogP contribution in [0.4, 0.5) is 0 Å². The van der Waals surface area contributed by atoms with Crippen molar-refractivity contribution >= 4 is 11.1 Å². The summed E-state index contributed by atoms with van der Waals surface area (Å²) in [4.78, 5) is 14.7. The molecule has 0 amide bonds. The summed E-state index contributed by atoms with van der Waals surface area (Å²) in [6.07, 6.45) is 4.46. The maximum atomic E-state index is 12.1. The number of fused-ring (bicyclic) bond motifs is 1. The quantitative estimate of drug-likeness (QED) is 0.640. The van der Waals surface area contributed by atoms with Gasteiger partial charge >= 0.3 is 5.76 Å². The maximum absolute atomic E-state index is 12.1. The van der Waals surface area contributed by atoms with Gasteiger partial charge in [0, 0.05) is 19.1 Å². The highest BCUT2D eigenvalue weighted by molar-refractivity contribution is 5.72. The molecule has 0 N–H and O–H groups in total. The molecule has 3 aromatic rings. The second-order valence-electron chi connectivity index (χ2n) is 7.23. The predicted octanol–water partition coefficient (Wildman–Crippen LogP) is 3.70. The topological polar surface area (TPSA) is 47.6 Å². The molecule has 27 heavy (non-hydrogen) atoms. The number of hydrogen-bond acceptors (Lipinski definition) is 4. The lowest BCUT2D eigenvalue weighted by molar-refractivity contribution is 0.244. The largest absolute Gasteiger partial charge is 0.497 e. The summed E-state index contributed by atoms with van der Waals surface area (Å²) in [5.41, 5.74) is 2.87. The highest BCUT2D eigenvalue weighted by atomic mass is 16.5.